The molecule has 13 heavy (non-hydrogen) atoms. The highest BCUT2D eigenvalue weighted by Gasteiger charge is 2.31. The van der Waals surface area contributed by atoms with Crippen LogP contribution in [0.15, 0.2) is 25.3 Å². The van der Waals surface area contributed by atoms with Crippen LogP contribution in [0, 0.1) is 0 Å². The third-order valence-electron chi connectivity index (χ3n) is 2.43. The molecule has 0 N–H and O–H groups in total. The number of hydrogen-bond acceptors (Lipinski definition) is 2. The van der Waals surface area contributed by atoms with Gasteiger partial charge >= 0.3 is 0 Å². The molecule has 0 radical (unpaired) electrons. The normalized spacial score (nSPS) is 20.9. The minimum Gasteiger partial charge on any atom is -0.381 e. The lowest BCUT2D eigenvalue weighted by Crippen LogP contribution is -2.38. The second-order valence-electron chi connectivity index (χ2n) is 3.39. The van der Waals surface area contributed by atoms with Crippen molar-refractivity contribution in [3.05, 3.63) is 25.3 Å². The van der Waals surface area contributed by atoms with Crippen molar-refractivity contribution >= 4 is 0 Å². The van der Waals surface area contributed by atoms with E-state index in [1.54, 1.807) is 6.08 Å². The average molecular weight is 182 g/mol. The Hall–Kier alpha value is -0.600. The Morgan fingerprint density at radius 2 is 1.92 bits per heavy atom. The van der Waals surface area contributed by atoms with Crippen LogP contribution in [-0.4, -0.2) is 25.4 Å². The largest absolute Gasteiger partial charge is 0.381 e. The minimum atomic E-state index is -0.0335. The summed E-state index contributed by atoms with van der Waals surface area (Å²) in [7, 11) is 0. The van der Waals surface area contributed by atoms with Gasteiger partial charge < -0.3 is 9.47 Å². The van der Waals surface area contributed by atoms with Crippen molar-refractivity contribution < 1.29 is 9.47 Å². The summed E-state index contributed by atoms with van der Waals surface area (Å²) in [4.78, 5) is 0. The van der Waals surface area contributed by atoms with Crippen molar-refractivity contribution in [3.8, 4) is 0 Å². The van der Waals surface area contributed by atoms with Gasteiger partial charge in [0.2, 0.25) is 0 Å². The summed E-state index contributed by atoms with van der Waals surface area (Å²) in [6.45, 7) is 9.63. The van der Waals surface area contributed by atoms with E-state index in [4.69, 9.17) is 9.47 Å². The Bertz CT molecular complexity index is 169. The summed E-state index contributed by atoms with van der Waals surface area (Å²) in [6, 6.07) is 0. The summed E-state index contributed by atoms with van der Waals surface area (Å²) in [5.41, 5.74) is -0.0335. The third-order valence-corrected chi connectivity index (χ3v) is 2.43. The van der Waals surface area contributed by atoms with Crippen LogP contribution >= 0.6 is 0 Å². The molecular formula is C11H18O2. The zero-order valence-electron chi connectivity index (χ0n) is 8.13. The molecule has 2 heteroatoms. The van der Waals surface area contributed by atoms with Crippen LogP contribution in [0.4, 0.5) is 0 Å². The van der Waals surface area contributed by atoms with Crippen LogP contribution in [0.3, 0.4) is 0 Å². The van der Waals surface area contributed by atoms with Crippen molar-refractivity contribution in [1.29, 1.82) is 0 Å². The Morgan fingerprint density at radius 3 is 2.46 bits per heavy atom. The van der Waals surface area contributed by atoms with Crippen LogP contribution < -0.4 is 0 Å². The third kappa shape index (κ3) is 2.98. The molecule has 0 aliphatic carbocycles. The molecule has 0 aromatic heterocycles. The first-order valence-corrected chi connectivity index (χ1v) is 4.76. The molecule has 1 heterocycles. The second-order valence-corrected chi connectivity index (χ2v) is 3.39. The van der Waals surface area contributed by atoms with Gasteiger partial charge in [0.15, 0.2) is 0 Å². The molecule has 0 bridgehead atoms. The number of hydrogen-bond donors (Lipinski definition) is 0. The van der Waals surface area contributed by atoms with Crippen LogP contribution in [0.2, 0.25) is 0 Å². The van der Waals surface area contributed by atoms with Crippen molar-refractivity contribution in [2.75, 3.05) is 19.8 Å². The fourth-order valence-corrected chi connectivity index (χ4v) is 1.65. The van der Waals surface area contributed by atoms with E-state index in [-0.39, 0.29) is 5.60 Å². The van der Waals surface area contributed by atoms with Gasteiger partial charge in [-0.25, -0.2) is 0 Å². The van der Waals surface area contributed by atoms with Crippen LogP contribution in [0.5, 0.6) is 0 Å². The molecule has 1 saturated heterocycles. The van der Waals surface area contributed by atoms with Crippen molar-refractivity contribution in [3.63, 3.8) is 0 Å². The van der Waals surface area contributed by atoms with Gasteiger partial charge in [-0.05, 0) is 6.42 Å². The Balaban J connectivity index is 2.49. The van der Waals surface area contributed by atoms with Gasteiger partial charge in [0.25, 0.3) is 0 Å². The summed E-state index contributed by atoms with van der Waals surface area (Å²) in [5.74, 6) is 0. The van der Waals surface area contributed by atoms with Gasteiger partial charge in [0.05, 0.1) is 12.2 Å². The van der Waals surface area contributed by atoms with Crippen LogP contribution in [0.1, 0.15) is 19.3 Å². The Kier molecular flexibility index (Phi) is 4.19. The summed E-state index contributed by atoms with van der Waals surface area (Å²) < 4.78 is 11.1. The molecular weight excluding hydrogens is 164 g/mol. The van der Waals surface area contributed by atoms with Gasteiger partial charge in [-0.1, -0.05) is 12.2 Å². The molecule has 1 rings (SSSR count). The van der Waals surface area contributed by atoms with E-state index in [1.165, 1.54) is 0 Å². The van der Waals surface area contributed by atoms with Gasteiger partial charge in [-0.3, -0.25) is 0 Å². The van der Waals surface area contributed by atoms with Gasteiger partial charge in [-0.2, -0.15) is 0 Å². The summed E-state index contributed by atoms with van der Waals surface area (Å²) >= 11 is 0. The smallest absolute Gasteiger partial charge is 0.0764 e. The molecule has 0 amide bonds. The quantitative estimate of drug-likeness (QED) is 0.607. The second kappa shape index (κ2) is 5.20. The molecule has 0 saturated carbocycles. The predicted molar refractivity (Wildman–Crippen MR) is 53.7 cm³/mol. The average Bonchev–Trinajstić information content (AvgIpc) is 2.17. The molecule has 0 atom stereocenters. The molecule has 74 valence electrons. The fourth-order valence-electron chi connectivity index (χ4n) is 1.65. The van der Waals surface area contributed by atoms with E-state index in [9.17, 15) is 0 Å². The first kappa shape index (κ1) is 10.5. The Morgan fingerprint density at radius 1 is 1.23 bits per heavy atom. The molecule has 1 aliphatic heterocycles. The lowest BCUT2D eigenvalue weighted by molar-refractivity contribution is -0.0997. The number of ether oxygens (including phenoxy) is 2. The van der Waals surface area contributed by atoms with Crippen molar-refractivity contribution in [2.45, 2.75) is 24.9 Å². The maximum Gasteiger partial charge on any atom is 0.0764 e. The highest BCUT2D eigenvalue weighted by Crippen LogP contribution is 2.28. The minimum absolute atomic E-state index is 0.0335. The van der Waals surface area contributed by atoms with Gasteiger partial charge in [0.1, 0.15) is 0 Å². The van der Waals surface area contributed by atoms with Crippen molar-refractivity contribution in [2.24, 2.45) is 0 Å². The highest BCUT2D eigenvalue weighted by atomic mass is 16.5. The highest BCUT2D eigenvalue weighted by molar-refractivity contribution is 4.91. The monoisotopic (exact) mass is 182 g/mol. The van der Waals surface area contributed by atoms with Gasteiger partial charge in [0, 0.05) is 26.1 Å². The first-order valence-electron chi connectivity index (χ1n) is 4.76. The molecule has 0 unspecified atom stereocenters. The van der Waals surface area contributed by atoms with E-state index in [1.807, 2.05) is 6.08 Å². The molecule has 0 spiro atoms. The SMILES string of the molecule is C=CCOC1(CC=C)CCOCC1. The van der Waals surface area contributed by atoms with E-state index in [2.05, 4.69) is 13.2 Å². The van der Waals surface area contributed by atoms with E-state index in [0.29, 0.717) is 6.61 Å². The maximum atomic E-state index is 5.79. The summed E-state index contributed by atoms with van der Waals surface area (Å²) in [6.07, 6.45) is 6.55. The Labute approximate surface area is 80.2 Å². The van der Waals surface area contributed by atoms with E-state index >= 15 is 0 Å². The topological polar surface area (TPSA) is 18.5 Å². The lowest BCUT2D eigenvalue weighted by atomic mass is 9.90. The maximum absolute atomic E-state index is 5.79. The van der Waals surface area contributed by atoms with Crippen LogP contribution in [-0.2, 0) is 9.47 Å². The molecule has 1 fully saturated rings. The van der Waals surface area contributed by atoms with Crippen molar-refractivity contribution in [1.82, 2.24) is 0 Å². The standard InChI is InChI=1S/C11H18O2/c1-3-5-11(13-8-4-2)6-9-12-10-7-11/h3-4H,1-2,5-10H2. The zero-order valence-corrected chi connectivity index (χ0v) is 8.13. The summed E-state index contributed by atoms with van der Waals surface area (Å²) in [5, 5.41) is 0. The lowest BCUT2D eigenvalue weighted by Gasteiger charge is -2.36. The molecule has 2 nitrogen and oxygen atoms in total. The zero-order chi connectivity index (χ0) is 9.57. The van der Waals surface area contributed by atoms with Crippen LogP contribution in [0.25, 0.3) is 0 Å². The predicted octanol–water partition coefficient (Wildman–Crippen LogP) is 2.31. The van der Waals surface area contributed by atoms with Gasteiger partial charge in [-0.15, -0.1) is 13.2 Å². The molecule has 1 aliphatic rings. The molecule has 0 aromatic rings. The molecule has 0 aromatic carbocycles. The van der Waals surface area contributed by atoms with E-state index < -0.39 is 0 Å². The van der Waals surface area contributed by atoms with E-state index in [0.717, 1.165) is 32.5 Å². The number of rotatable bonds is 5. The fraction of sp³-hybridized carbons (Fsp3) is 0.636. The first-order chi connectivity index (χ1) is 6.33.